The number of carbonyl (C=O) groups is 2. The molecule has 142 valence electrons. The second-order valence-electron chi connectivity index (χ2n) is 6.92. The van der Waals surface area contributed by atoms with Crippen LogP contribution in [0.5, 0.6) is 0 Å². The third kappa shape index (κ3) is 4.72. The third-order valence-electron chi connectivity index (χ3n) is 4.92. The first-order chi connectivity index (χ1) is 13.1. The molecule has 2 aromatic carbocycles. The predicted octanol–water partition coefficient (Wildman–Crippen LogP) is 3.86. The number of nitrogens with one attached hydrogen (secondary N) is 1. The molecule has 0 radical (unpaired) electrons. The Kier molecular flexibility index (Phi) is 6.56. The molecule has 0 spiro atoms. The van der Waals surface area contributed by atoms with E-state index in [1.54, 1.807) is 16.7 Å². The van der Waals surface area contributed by atoms with E-state index in [0.717, 1.165) is 17.7 Å². The predicted molar refractivity (Wildman–Crippen MR) is 111 cm³/mol. The number of thioether (sulfide) groups is 1. The summed E-state index contributed by atoms with van der Waals surface area (Å²) >= 11 is 1.69. The molecule has 0 fully saturated rings. The highest BCUT2D eigenvalue weighted by Crippen LogP contribution is 2.26. The molecule has 3 rings (SSSR count). The summed E-state index contributed by atoms with van der Waals surface area (Å²) in [5.74, 6) is 1.29. The number of rotatable bonds is 8. The van der Waals surface area contributed by atoms with Crippen molar-refractivity contribution in [2.75, 3.05) is 5.75 Å². The Hall–Kier alpha value is -2.27. The fourth-order valence-electron chi connectivity index (χ4n) is 3.14. The summed E-state index contributed by atoms with van der Waals surface area (Å²) in [7, 11) is 0. The Labute approximate surface area is 165 Å². The van der Waals surface area contributed by atoms with Crippen LogP contribution in [-0.4, -0.2) is 34.6 Å². The van der Waals surface area contributed by atoms with Crippen LogP contribution < -0.4 is 5.32 Å². The first kappa shape index (κ1) is 19.5. The van der Waals surface area contributed by atoms with Crippen LogP contribution in [0.3, 0.4) is 0 Å². The van der Waals surface area contributed by atoms with Crippen molar-refractivity contribution in [3.05, 3.63) is 71.3 Å². The average molecular weight is 383 g/mol. The Morgan fingerprint density at radius 1 is 1.15 bits per heavy atom. The van der Waals surface area contributed by atoms with Gasteiger partial charge in [0, 0.05) is 29.7 Å². The monoisotopic (exact) mass is 382 g/mol. The van der Waals surface area contributed by atoms with Crippen molar-refractivity contribution in [1.29, 1.82) is 0 Å². The summed E-state index contributed by atoms with van der Waals surface area (Å²) in [4.78, 5) is 27.5. The normalized spacial score (nSPS) is 15.3. The molecule has 1 aliphatic rings. The van der Waals surface area contributed by atoms with Gasteiger partial charge in [0.25, 0.3) is 5.91 Å². The fourth-order valence-corrected chi connectivity index (χ4v) is 4.24. The largest absolute Gasteiger partial charge is 0.352 e. The SMILES string of the molecule is CCC(C)NC(=O)[C@H](CSCc1ccccc1)N1Cc2ccccc2C1=O. The van der Waals surface area contributed by atoms with Gasteiger partial charge in [0.05, 0.1) is 0 Å². The molecule has 0 aliphatic carbocycles. The van der Waals surface area contributed by atoms with Crippen LogP contribution in [0, 0.1) is 0 Å². The Balaban J connectivity index is 1.72. The second kappa shape index (κ2) is 9.09. The summed E-state index contributed by atoms with van der Waals surface area (Å²) in [5.41, 5.74) is 2.93. The van der Waals surface area contributed by atoms with E-state index in [4.69, 9.17) is 0 Å². The molecule has 2 amide bonds. The molecule has 27 heavy (non-hydrogen) atoms. The molecule has 5 heteroatoms. The van der Waals surface area contributed by atoms with Gasteiger partial charge in [-0.1, -0.05) is 55.5 Å². The van der Waals surface area contributed by atoms with Crippen molar-refractivity contribution >= 4 is 23.6 Å². The van der Waals surface area contributed by atoms with Gasteiger partial charge in [0.1, 0.15) is 6.04 Å². The van der Waals surface area contributed by atoms with Gasteiger partial charge in [-0.25, -0.2) is 0 Å². The van der Waals surface area contributed by atoms with E-state index in [1.807, 2.05) is 56.3 Å². The lowest BCUT2D eigenvalue weighted by atomic mass is 10.1. The third-order valence-corrected chi connectivity index (χ3v) is 6.01. The maximum absolute atomic E-state index is 12.9. The molecule has 2 atom stereocenters. The van der Waals surface area contributed by atoms with E-state index in [-0.39, 0.29) is 17.9 Å². The van der Waals surface area contributed by atoms with E-state index in [1.165, 1.54) is 5.56 Å². The van der Waals surface area contributed by atoms with Gasteiger partial charge in [-0.05, 0) is 30.5 Å². The number of hydrogen-bond donors (Lipinski definition) is 1. The fraction of sp³-hybridized carbons (Fsp3) is 0.364. The van der Waals surface area contributed by atoms with Crippen LogP contribution in [0.15, 0.2) is 54.6 Å². The van der Waals surface area contributed by atoms with Crippen molar-refractivity contribution in [2.24, 2.45) is 0 Å². The summed E-state index contributed by atoms with van der Waals surface area (Å²) in [5, 5.41) is 3.06. The molecule has 2 aromatic rings. The molecule has 0 saturated carbocycles. The summed E-state index contributed by atoms with van der Waals surface area (Å²) in [6.07, 6.45) is 0.865. The molecule has 0 bridgehead atoms. The first-order valence-electron chi connectivity index (χ1n) is 9.41. The Morgan fingerprint density at radius 2 is 1.85 bits per heavy atom. The van der Waals surface area contributed by atoms with Gasteiger partial charge in [0.15, 0.2) is 0 Å². The summed E-state index contributed by atoms with van der Waals surface area (Å²) in [6, 6.07) is 17.4. The highest BCUT2D eigenvalue weighted by Gasteiger charge is 2.36. The van der Waals surface area contributed by atoms with Gasteiger partial charge in [-0.15, -0.1) is 0 Å². The highest BCUT2D eigenvalue weighted by atomic mass is 32.2. The molecular weight excluding hydrogens is 356 g/mol. The topological polar surface area (TPSA) is 49.4 Å². The summed E-state index contributed by atoms with van der Waals surface area (Å²) in [6.45, 7) is 4.53. The zero-order chi connectivity index (χ0) is 19.2. The number of nitrogens with zero attached hydrogens (tertiary/aromatic N) is 1. The number of fused-ring (bicyclic) bond motifs is 1. The Morgan fingerprint density at radius 3 is 2.56 bits per heavy atom. The van der Waals surface area contributed by atoms with Crippen LogP contribution in [0.1, 0.15) is 41.8 Å². The van der Waals surface area contributed by atoms with Crippen molar-refractivity contribution in [3.8, 4) is 0 Å². The number of hydrogen-bond acceptors (Lipinski definition) is 3. The maximum atomic E-state index is 12.9. The molecule has 1 heterocycles. The summed E-state index contributed by atoms with van der Waals surface area (Å²) < 4.78 is 0. The lowest BCUT2D eigenvalue weighted by Gasteiger charge is -2.28. The minimum absolute atomic E-state index is 0.0461. The minimum atomic E-state index is -0.465. The van der Waals surface area contributed by atoms with E-state index in [9.17, 15) is 9.59 Å². The van der Waals surface area contributed by atoms with Gasteiger partial charge in [-0.3, -0.25) is 9.59 Å². The molecule has 0 saturated heterocycles. The van der Waals surface area contributed by atoms with E-state index < -0.39 is 6.04 Å². The molecule has 1 aliphatic heterocycles. The zero-order valence-corrected chi connectivity index (χ0v) is 16.7. The maximum Gasteiger partial charge on any atom is 0.255 e. The molecule has 0 aromatic heterocycles. The van der Waals surface area contributed by atoms with E-state index in [0.29, 0.717) is 17.9 Å². The van der Waals surface area contributed by atoms with Crippen LogP contribution in [0.4, 0.5) is 0 Å². The van der Waals surface area contributed by atoms with Crippen LogP contribution >= 0.6 is 11.8 Å². The van der Waals surface area contributed by atoms with Crippen molar-refractivity contribution in [1.82, 2.24) is 10.2 Å². The average Bonchev–Trinajstić information content (AvgIpc) is 3.02. The van der Waals surface area contributed by atoms with Gasteiger partial charge >= 0.3 is 0 Å². The zero-order valence-electron chi connectivity index (χ0n) is 15.9. The van der Waals surface area contributed by atoms with E-state index >= 15 is 0 Å². The minimum Gasteiger partial charge on any atom is -0.352 e. The second-order valence-corrected chi connectivity index (χ2v) is 7.95. The van der Waals surface area contributed by atoms with Crippen LogP contribution in [-0.2, 0) is 17.1 Å². The number of carbonyl (C=O) groups excluding carboxylic acids is 2. The lowest BCUT2D eigenvalue weighted by molar-refractivity contribution is -0.125. The molecule has 1 N–H and O–H groups in total. The molecular formula is C22H26N2O2S. The molecule has 1 unspecified atom stereocenters. The van der Waals surface area contributed by atoms with Gasteiger partial charge in [-0.2, -0.15) is 11.8 Å². The number of benzene rings is 2. The van der Waals surface area contributed by atoms with Crippen molar-refractivity contribution in [3.63, 3.8) is 0 Å². The Bertz CT molecular complexity index is 794. The van der Waals surface area contributed by atoms with Crippen molar-refractivity contribution in [2.45, 2.75) is 44.6 Å². The highest BCUT2D eigenvalue weighted by molar-refractivity contribution is 7.98. The number of amides is 2. The van der Waals surface area contributed by atoms with Gasteiger partial charge < -0.3 is 10.2 Å². The van der Waals surface area contributed by atoms with Gasteiger partial charge in [0.2, 0.25) is 5.91 Å². The first-order valence-corrected chi connectivity index (χ1v) is 10.6. The van der Waals surface area contributed by atoms with Crippen LogP contribution in [0.25, 0.3) is 0 Å². The van der Waals surface area contributed by atoms with Crippen molar-refractivity contribution < 1.29 is 9.59 Å². The standard InChI is InChI=1S/C22H26N2O2S/c1-3-16(2)23-21(25)20(15-27-14-17-9-5-4-6-10-17)24-13-18-11-7-8-12-19(18)22(24)26/h4-12,16,20H,3,13-15H2,1-2H3,(H,23,25)/t16?,20-/m0/s1. The quantitative estimate of drug-likeness (QED) is 0.754. The lowest BCUT2D eigenvalue weighted by Crippen LogP contribution is -2.50. The van der Waals surface area contributed by atoms with Crippen LogP contribution in [0.2, 0.25) is 0 Å². The van der Waals surface area contributed by atoms with E-state index in [2.05, 4.69) is 17.4 Å². The smallest absolute Gasteiger partial charge is 0.255 e. The molecule has 4 nitrogen and oxygen atoms in total.